The quantitative estimate of drug-likeness (QED) is 0.777. The van der Waals surface area contributed by atoms with E-state index in [1.807, 2.05) is 24.3 Å². The van der Waals surface area contributed by atoms with Gasteiger partial charge in [-0.2, -0.15) is 5.10 Å². The van der Waals surface area contributed by atoms with Gasteiger partial charge < -0.3 is 5.11 Å². The minimum atomic E-state index is 0.0746. The summed E-state index contributed by atoms with van der Waals surface area (Å²) >= 11 is 0. The summed E-state index contributed by atoms with van der Waals surface area (Å²) in [6.45, 7) is 0.763. The molecular formula is C10H11N3O. The summed E-state index contributed by atoms with van der Waals surface area (Å²) in [5, 5.41) is 13.0. The van der Waals surface area contributed by atoms with E-state index >= 15 is 0 Å². The fraction of sp³-hybridized carbons (Fsp3) is 0.200. The standard InChI is InChI=1S/C10H11N3O/c14-6-10-3-1-2-9(4-10)5-13-8-11-7-12-13/h1-4,7-8,14H,5-6H2. The molecule has 4 heteroatoms. The molecule has 4 nitrogen and oxygen atoms in total. The third-order valence-electron chi connectivity index (χ3n) is 1.99. The van der Waals surface area contributed by atoms with E-state index in [1.165, 1.54) is 6.33 Å². The van der Waals surface area contributed by atoms with Crippen LogP contribution in [0, 0.1) is 0 Å². The molecule has 0 unspecified atom stereocenters. The van der Waals surface area contributed by atoms with Crippen LogP contribution in [0.1, 0.15) is 11.1 Å². The number of aromatic nitrogens is 3. The number of aliphatic hydroxyl groups is 1. The van der Waals surface area contributed by atoms with E-state index in [9.17, 15) is 0 Å². The van der Waals surface area contributed by atoms with Crippen molar-refractivity contribution in [1.82, 2.24) is 14.8 Å². The maximum Gasteiger partial charge on any atom is 0.137 e. The molecule has 1 N–H and O–H groups in total. The topological polar surface area (TPSA) is 50.9 Å². The molecule has 1 aromatic heterocycles. The Bertz CT molecular complexity index is 398. The molecule has 0 spiro atoms. The minimum Gasteiger partial charge on any atom is -0.392 e. The number of hydrogen-bond donors (Lipinski definition) is 1. The van der Waals surface area contributed by atoms with Crippen LogP contribution in [0.15, 0.2) is 36.9 Å². The van der Waals surface area contributed by atoms with Gasteiger partial charge in [-0.05, 0) is 11.1 Å². The van der Waals surface area contributed by atoms with Gasteiger partial charge in [0.05, 0.1) is 13.2 Å². The lowest BCUT2D eigenvalue weighted by molar-refractivity contribution is 0.281. The van der Waals surface area contributed by atoms with E-state index in [2.05, 4.69) is 10.1 Å². The number of hydrogen-bond acceptors (Lipinski definition) is 3. The Morgan fingerprint density at radius 2 is 2.14 bits per heavy atom. The highest BCUT2D eigenvalue weighted by atomic mass is 16.3. The maximum absolute atomic E-state index is 8.95. The molecule has 0 radical (unpaired) electrons. The summed E-state index contributed by atoms with van der Waals surface area (Å²) in [4.78, 5) is 3.86. The van der Waals surface area contributed by atoms with Crippen molar-refractivity contribution in [1.29, 1.82) is 0 Å². The number of rotatable bonds is 3. The van der Waals surface area contributed by atoms with E-state index in [0.29, 0.717) is 6.54 Å². The Balaban J connectivity index is 2.17. The lowest BCUT2D eigenvalue weighted by Crippen LogP contribution is -2.00. The highest BCUT2D eigenvalue weighted by molar-refractivity contribution is 5.22. The normalized spacial score (nSPS) is 10.4. The zero-order valence-electron chi connectivity index (χ0n) is 7.67. The Hall–Kier alpha value is -1.68. The third-order valence-corrected chi connectivity index (χ3v) is 1.99. The van der Waals surface area contributed by atoms with Crippen molar-refractivity contribution in [2.75, 3.05) is 0 Å². The van der Waals surface area contributed by atoms with Gasteiger partial charge in [0.1, 0.15) is 12.7 Å². The first-order chi connectivity index (χ1) is 6.88. The van der Waals surface area contributed by atoms with Gasteiger partial charge in [-0.15, -0.1) is 0 Å². The van der Waals surface area contributed by atoms with Crippen LogP contribution >= 0.6 is 0 Å². The van der Waals surface area contributed by atoms with Gasteiger partial charge in [0.25, 0.3) is 0 Å². The summed E-state index contributed by atoms with van der Waals surface area (Å²) in [5.74, 6) is 0. The van der Waals surface area contributed by atoms with Gasteiger partial charge in [0.2, 0.25) is 0 Å². The molecule has 14 heavy (non-hydrogen) atoms. The number of aliphatic hydroxyl groups excluding tert-OH is 1. The molecule has 0 aliphatic rings. The van der Waals surface area contributed by atoms with Crippen molar-refractivity contribution in [2.24, 2.45) is 0 Å². The Morgan fingerprint density at radius 3 is 2.86 bits per heavy atom. The molecule has 1 aromatic carbocycles. The van der Waals surface area contributed by atoms with Gasteiger partial charge in [0.15, 0.2) is 0 Å². The van der Waals surface area contributed by atoms with Crippen LogP contribution in [0.3, 0.4) is 0 Å². The molecule has 72 valence electrons. The van der Waals surface area contributed by atoms with Crippen molar-refractivity contribution in [3.63, 3.8) is 0 Å². The second-order valence-electron chi connectivity index (χ2n) is 3.07. The summed E-state index contributed by atoms with van der Waals surface area (Å²) < 4.78 is 1.75. The maximum atomic E-state index is 8.95. The predicted molar refractivity (Wildman–Crippen MR) is 51.5 cm³/mol. The number of nitrogens with zero attached hydrogens (tertiary/aromatic N) is 3. The molecule has 0 amide bonds. The number of benzene rings is 1. The molecule has 0 aliphatic heterocycles. The third kappa shape index (κ3) is 1.97. The fourth-order valence-corrected chi connectivity index (χ4v) is 1.33. The second kappa shape index (κ2) is 4.02. The van der Waals surface area contributed by atoms with Crippen molar-refractivity contribution in [3.05, 3.63) is 48.0 Å². The largest absolute Gasteiger partial charge is 0.392 e. The molecule has 1 heterocycles. The van der Waals surface area contributed by atoms with Crippen LogP contribution in [-0.2, 0) is 13.2 Å². The van der Waals surface area contributed by atoms with Crippen molar-refractivity contribution in [2.45, 2.75) is 13.2 Å². The summed E-state index contributed by atoms with van der Waals surface area (Å²) in [5.41, 5.74) is 2.03. The van der Waals surface area contributed by atoms with Gasteiger partial charge in [0, 0.05) is 0 Å². The molecule has 0 atom stereocenters. The van der Waals surface area contributed by atoms with E-state index < -0.39 is 0 Å². The van der Waals surface area contributed by atoms with Crippen LogP contribution in [0.5, 0.6) is 0 Å². The Labute approximate surface area is 81.8 Å². The summed E-state index contributed by atoms with van der Waals surface area (Å²) in [6, 6.07) is 7.78. The van der Waals surface area contributed by atoms with Gasteiger partial charge >= 0.3 is 0 Å². The van der Waals surface area contributed by atoms with Crippen LogP contribution < -0.4 is 0 Å². The van der Waals surface area contributed by atoms with Crippen molar-refractivity contribution in [3.8, 4) is 0 Å². The molecule has 2 aromatic rings. The van der Waals surface area contributed by atoms with E-state index in [0.717, 1.165) is 11.1 Å². The Kier molecular flexibility index (Phi) is 2.55. The molecule has 0 bridgehead atoms. The minimum absolute atomic E-state index is 0.0746. The first kappa shape index (κ1) is 8.90. The molecular weight excluding hydrogens is 178 g/mol. The highest BCUT2D eigenvalue weighted by Crippen LogP contribution is 2.06. The van der Waals surface area contributed by atoms with Gasteiger partial charge in [-0.3, -0.25) is 0 Å². The average Bonchev–Trinajstić information content (AvgIpc) is 2.71. The smallest absolute Gasteiger partial charge is 0.137 e. The molecule has 0 saturated carbocycles. The van der Waals surface area contributed by atoms with Crippen LogP contribution in [0.25, 0.3) is 0 Å². The highest BCUT2D eigenvalue weighted by Gasteiger charge is 1.96. The lowest BCUT2D eigenvalue weighted by Gasteiger charge is -2.02. The van der Waals surface area contributed by atoms with Crippen LogP contribution in [0.4, 0.5) is 0 Å². The Morgan fingerprint density at radius 1 is 1.29 bits per heavy atom. The monoisotopic (exact) mass is 189 g/mol. The first-order valence-corrected chi connectivity index (χ1v) is 4.39. The molecule has 2 rings (SSSR count). The second-order valence-corrected chi connectivity index (χ2v) is 3.07. The van der Waals surface area contributed by atoms with Crippen LogP contribution in [-0.4, -0.2) is 19.9 Å². The van der Waals surface area contributed by atoms with E-state index in [-0.39, 0.29) is 6.61 Å². The van der Waals surface area contributed by atoms with Crippen molar-refractivity contribution < 1.29 is 5.11 Å². The first-order valence-electron chi connectivity index (χ1n) is 4.39. The average molecular weight is 189 g/mol. The SMILES string of the molecule is OCc1cccc(Cn2cncn2)c1. The van der Waals surface area contributed by atoms with Gasteiger partial charge in [-0.1, -0.05) is 24.3 Å². The van der Waals surface area contributed by atoms with E-state index in [4.69, 9.17) is 5.11 Å². The summed E-state index contributed by atoms with van der Waals surface area (Å²) in [7, 11) is 0. The fourth-order valence-electron chi connectivity index (χ4n) is 1.33. The van der Waals surface area contributed by atoms with Crippen LogP contribution in [0.2, 0.25) is 0 Å². The molecule has 0 fully saturated rings. The van der Waals surface area contributed by atoms with Crippen molar-refractivity contribution >= 4 is 0 Å². The molecule has 0 aliphatic carbocycles. The molecule has 0 saturated heterocycles. The zero-order chi connectivity index (χ0) is 9.80. The summed E-state index contributed by atoms with van der Waals surface area (Å²) in [6.07, 6.45) is 3.18. The lowest BCUT2D eigenvalue weighted by atomic mass is 10.1. The predicted octanol–water partition coefficient (Wildman–Crippen LogP) is 0.819. The zero-order valence-corrected chi connectivity index (χ0v) is 7.67. The van der Waals surface area contributed by atoms with E-state index in [1.54, 1.807) is 11.0 Å². The van der Waals surface area contributed by atoms with Gasteiger partial charge in [-0.25, -0.2) is 9.67 Å².